The first-order valence-electron chi connectivity index (χ1n) is 6.80. The average molecular weight is 352 g/mol. The number of nitrogens with zero attached hydrogens (tertiary/aromatic N) is 2. The zero-order valence-electron chi connectivity index (χ0n) is 12.3. The highest BCUT2D eigenvalue weighted by Crippen LogP contribution is 2.43. The predicted molar refractivity (Wildman–Crippen MR) is 83.6 cm³/mol. The van der Waals surface area contributed by atoms with Crippen LogP contribution in [0.5, 0.6) is 11.6 Å². The standard InChI is InChI=1S/C15H18BrN3O2/c1-8-14(15(20-3)19(2)18-8)13-7-11(17)10-6-9(16)4-5-12(10)21-13/h4-6,11,13H,7,17H2,1-3H3/t11-,13?/m1/s1. The minimum absolute atomic E-state index is 0.0689. The number of hydrogen-bond donors (Lipinski definition) is 1. The lowest BCUT2D eigenvalue weighted by atomic mass is 9.93. The summed E-state index contributed by atoms with van der Waals surface area (Å²) in [6.07, 6.45) is 0.559. The summed E-state index contributed by atoms with van der Waals surface area (Å²) in [5, 5.41) is 4.42. The van der Waals surface area contributed by atoms with Gasteiger partial charge in [-0.1, -0.05) is 15.9 Å². The molecule has 1 aromatic heterocycles. The number of aromatic nitrogens is 2. The van der Waals surface area contributed by atoms with Crippen LogP contribution >= 0.6 is 15.9 Å². The fourth-order valence-electron chi connectivity index (χ4n) is 2.92. The molecule has 0 spiro atoms. The molecule has 0 bridgehead atoms. The topological polar surface area (TPSA) is 62.3 Å². The summed E-state index contributed by atoms with van der Waals surface area (Å²) < 4.78 is 14.4. The molecule has 2 heterocycles. The molecule has 3 rings (SSSR count). The highest BCUT2D eigenvalue weighted by molar-refractivity contribution is 9.10. The Balaban J connectivity index is 2.02. The summed E-state index contributed by atoms with van der Waals surface area (Å²) in [6, 6.07) is 5.86. The number of rotatable bonds is 2. The zero-order valence-corrected chi connectivity index (χ0v) is 13.8. The van der Waals surface area contributed by atoms with Crippen molar-refractivity contribution in [1.82, 2.24) is 9.78 Å². The molecular weight excluding hydrogens is 334 g/mol. The molecule has 5 nitrogen and oxygen atoms in total. The molecule has 1 unspecified atom stereocenters. The van der Waals surface area contributed by atoms with E-state index in [4.69, 9.17) is 15.2 Å². The number of halogens is 1. The van der Waals surface area contributed by atoms with Gasteiger partial charge in [-0.2, -0.15) is 5.10 Å². The third-order valence-electron chi connectivity index (χ3n) is 3.84. The van der Waals surface area contributed by atoms with Gasteiger partial charge in [0.05, 0.1) is 18.4 Å². The summed E-state index contributed by atoms with van der Waals surface area (Å²) >= 11 is 3.47. The first-order valence-corrected chi connectivity index (χ1v) is 7.59. The number of nitrogens with two attached hydrogens (primary N) is 1. The maximum absolute atomic E-state index is 6.32. The monoisotopic (exact) mass is 351 g/mol. The van der Waals surface area contributed by atoms with Crippen molar-refractivity contribution in [2.45, 2.75) is 25.5 Å². The van der Waals surface area contributed by atoms with E-state index in [0.717, 1.165) is 32.9 Å². The van der Waals surface area contributed by atoms with E-state index >= 15 is 0 Å². The highest BCUT2D eigenvalue weighted by Gasteiger charge is 2.32. The SMILES string of the molecule is COc1c(C2C[C@@H](N)c3cc(Br)ccc3O2)c(C)nn1C. The Labute approximate surface area is 132 Å². The van der Waals surface area contributed by atoms with Crippen molar-refractivity contribution < 1.29 is 9.47 Å². The fraction of sp³-hybridized carbons (Fsp3) is 0.400. The number of hydrogen-bond acceptors (Lipinski definition) is 4. The number of methoxy groups -OCH3 is 1. The molecule has 0 aliphatic carbocycles. The Hall–Kier alpha value is -1.53. The first kappa shape index (κ1) is 14.4. The van der Waals surface area contributed by atoms with E-state index in [1.807, 2.05) is 32.2 Å². The van der Waals surface area contributed by atoms with E-state index in [-0.39, 0.29) is 12.1 Å². The van der Waals surface area contributed by atoms with Crippen LogP contribution in [0, 0.1) is 6.92 Å². The number of fused-ring (bicyclic) bond motifs is 1. The van der Waals surface area contributed by atoms with Crippen LogP contribution in [0.15, 0.2) is 22.7 Å². The summed E-state index contributed by atoms with van der Waals surface area (Å²) in [5.41, 5.74) is 9.24. The molecule has 1 aliphatic rings. The Morgan fingerprint density at radius 2 is 2.24 bits per heavy atom. The van der Waals surface area contributed by atoms with Gasteiger partial charge in [0.1, 0.15) is 11.9 Å². The largest absolute Gasteiger partial charge is 0.485 e. The lowest BCUT2D eigenvalue weighted by molar-refractivity contribution is 0.156. The van der Waals surface area contributed by atoms with E-state index in [1.54, 1.807) is 11.8 Å². The van der Waals surface area contributed by atoms with Gasteiger partial charge in [0.2, 0.25) is 5.88 Å². The second-order valence-corrected chi connectivity index (χ2v) is 6.18. The molecule has 6 heteroatoms. The van der Waals surface area contributed by atoms with Gasteiger partial charge in [0.25, 0.3) is 0 Å². The molecule has 2 atom stereocenters. The van der Waals surface area contributed by atoms with Crippen LogP contribution in [0.3, 0.4) is 0 Å². The molecule has 21 heavy (non-hydrogen) atoms. The summed E-state index contributed by atoms with van der Waals surface area (Å²) in [6.45, 7) is 1.96. The Morgan fingerprint density at radius 1 is 1.48 bits per heavy atom. The number of ether oxygens (including phenoxy) is 2. The average Bonchev–Trinajstić information content (AvgIpc) is 2.73. The number of benzene rings is 1. The molecule has 2 aromatic rings. The maximum Gasteiger partial charge on any atom is 0.218 e. The first-order chi connectivity index (χ1) is 10.0. The minimum atomic E-state index is -0.141. The molecule has 1 aliphatic heterocycles. The van der Waals surface area contributed by atoms with Gasteiger partial charge < -0.3 is 15.2 Å². The van der Waals surface area contributed by atoms with Gasteiger partial charge in [-0.3, -0.25) is 0 Å². The van der Waals surface area contributed by atoms with Crippen molar-refractivity contribution in [1.29, 1.82) is 0 Å². The highest BCUT2D eigenvalue weighted by atomic mass is 79.9. The molecule has 0 saturated carbocycles. The van der Waals surface area contributed by atoms with Crippen molar-refractivity contribution in [3.63, 3.8) is 0 Å². The lowest BCUT2D eigenvalue weighted by Crippen LogP contribution is -2.24. The summed E-state index contributed by atoms with van der Waals surface area (Å²) in [7, 11) is 3.51. The van der Waals surface area contributed by atoms with E-state index in [0.29, 0.717) is 6.42 Å². The third kappa shape index (κ3) is 2.42. The van der Waals surface area contributed by atoms with Crippen molar-refractivity contribution in [2.24, 2.45) is 12.8 Å². The van der Waals surface area contributed by atoms with Gasteiger partial charge in [0, 0.05) is 29.5 Å². The van der Waals surface area contributed by atoms with Gasteiger partial charge in [-0.05, 0) is 25.1 Å². The minimum Gasteiger partial charge on any atom is -0.485 e. The lowest BCUT2D eigenvalue weighted by Gasteiger charge is -2.30. The van der Waals surface area contributed by atoms with Crippen LogP contribution in [0.4, 0.5) is 0 Å². The fourth-order valence-corrected chi connectivity index (χ4v) is 3.30. The molecule has 1 aromatic carbocycles. The second kappa shape index (κ2) is 5.35. The van der Waals surface area contributed by atoms with E-state index in [2.05, 4.69) is 21.0 Å². The third-order valence-corrected chi connectivity index (χ3v) is 4.33. The quantitative estimate of drug-likeness (QED) is 0.903. The molecule has 112 valence electrons. The Kier molecular flexibility index (Phi) is 3.67. The maximum atomic E-state index is 6.32. The van der Waals surface area contributed by atoms with Crippen LogP contribution in [0.1, 0.15) is 35.4 Å². The van der Waals surface area contributed by atoms with E-state index in [1.165, 1.54) is 0 Å². The van der Waals surface area contributed by atoms with E-state index in [9.17, 15) is 0 Å². The molecule has 0 amide bonds. The predicted octanol–water partition coefficient (Wildman–Crippen LogP) is 3.02. The van der Waals surface area contributed by atoms with Crippen molar-refractivity contribution in [2.75, 3.05) is 7.11 Å². The van der Waals surface area contributed by atoms with Crippen LogP contribution < -0.4 is 15.2 Å². The van der Waals surface area contributed by atoms with Crippen molar-refractivity contribution >= 4 is 15.9 Å². The van der Waals surface area contributed by atoms with Gasteiger partial charge >= 0.3 is 0 Å². The summed E-state index contributed by atoms with van der Waals surface area (Å²) in [5.74, 6) is 1.55. The number of aryl methyl sites for hydroxylation is 2. The molecule has 2 N–H and O–H groups in total. The van der Waals surface area contributed by atoms with Crippen LogP contribution in [0.2, 0.25) is 0 Å². The molecule has 0 radical (unpaired) electrons. The molecule has 0 fully saturated rings. The second-order valence-electron chi connectivity index (χ2n) is 5.26. The molecular formula is C15H18BrN3O2. The van der Waals surface area contributed by atoms with Crippen LogP contribution in [-0.2, 0) is 7.05 Å². The van der Waals surface area contributed by atoms with Gasteiger partial charge in [0.15, 0.2) is 0 Å². The Morgan fingerprint density at radius 3 is 2.95 bits per heavy atom. The smallest absolute Gasteiger partial charge is 0.218 e. The van der Waals surface area contributed by atoms with Crippen LogP contribution in [-0.4, -0.2) is 16.9 Å². The van der Waals surface area contributed by atoms with Crippen molar-refractivity contribution in [3.05, 3.63) is 39.5 Å². The summed E-state index contributed by atoms with van der Waals surface area (Å²) in [4.78, 5) is 0. The van der Waals surface area contributed by atoms with Crippen molar-refractivity contribution in [3.8, 4) is 11.6 Å². The van der Waals surface area contributed by atoms with Crippen LogP contribution in [0.25, 0.3) is 0 Å². The zero-order chi connectivity index (χ0) is 15.1. The molecule has 0 saturated heterocycles. The normalized spacial score (nSPS) is 20.8. The Bertz CT molecular complexity index is 684. The van der Waals surface area contributed by atoms with E-state index < -0.39 is 0 Å². The van der Waals surface area contributed by atoms with Gasteiger partial charge in [-0.15, -0.1) is 0 Å². The van der Waals surface area contributed by atoms with Gasteiger partial charge in [-0.25, -0.2) is 4.68 Å².